The molecule has 1 aromatic heterocycles. The topological polar surface area (TPSA) is 25.8 Å². The fraction of sp³-hybridized carbons (Fsp3) is 0.765. The summed E-state index contributed by atoms with van der Waals surface area (Å²) in [5.74, 6) is 2.66. The first-order valence-electron chi connectivity index (χ1n) is 7.93. The van der Waals surface area contributed by atoms with Crippen LogP contribution in [0.4, 0.5) is 0 Å². The van der Waals surface area contributed by atoms with E-state index in [0.29, 0.717) is 22.4 Å². The van der Waals surface area contributed by atoms with Gasteiger partial charge < -0.3 is 0 Å². The molecule has 0 aliphatic heterocycles. The van der Waals surface area contributed by atoms with Crippen molar-refractivity contribution in [1.82, 2.24) is 9.97 Å². The summed E-state index contributed by atoms with van der Waals surface area (Å²) >= 11 is 8.59. The van der Waals surface area contributed by atoms with Gasteiger partial charge in [-0.15, -0.1) is 0 Å². The quantitative estimate of drug-likeness (QED) is 0.422. The molecule has 0 aromatic carbocycles. The van der Waals surface area contributed by atoms with E-state index < -0.39 is 0 Å². The number of rotatable bonds is 2. The molecule has 118 valence electrons. The molecule has 0 spiro atoms. The van der Waals surface area contributed by atoms with Crippen LogP contribution in [-0.4, -0.2) is 9.97 Å². The third-order valence-corrected chi connectivity index (χ3v) is 6.37. The first-order chi connectivity index (χ1) is 9.70. The van der Waals surface area contributed by atoms with Crippen molar-refractivity contribution in [1.29, 1.82) is 0 Å². The minimum absolute atomic E-state index is 0.391. The summed E-state index contributed by atoms with van der Waals surface area (Å²) in [5.41, 5.74) is 1.52. The van der Waals surface area contributed by atoms with Crippen LogP contribution in [0.1, 0.15) is 83.7 Å². The zero-order valence-corrected chi connectivity index (χ0v) is 16.6. The molecule has 0 unspecified atom stereocenters. The van der Waals surface area contributed by atoms with Gasteiger partial charge in [0.2, 0.25) is 0 Å². The zero-order valence-electron chi connectivity index (χ0n) is 13.7. The molecular formula is C17H26ClIN2. The number of halogens is 2. The highest BCUT2D eigenvalue weighted by Crippen LogP contribution is 2.43. The Kier molecular flexibility index (Phi) is 5.56. The van der Waals surface area contributed by atoms with Crippen molar-refractivity contribution in [3.05, 3.63) is 20.2 Å². The molecule has 1 aliphatic carbocycles. The summed E-state index contributed by atoms with van der Waals surface area (Å²) in [6, 6.07) is 0. The van der Waals surface area contributed by atoms with Gasteiger partial charge in [-0.25, -0.2) is 9.97 Å². The van der Waals surface area contributed by atoms with Crippen LogP contribution in [0.2, 0.25) is 5.15 Å². The van der Waals surface area contributed by atoms with E-state index in [1.807, 2.05) is 0 Å². The molecule has 0 amide bonds. The Hall–Kier alpha value is 0.100. The Morgan fingerprint density at radius 1 is 1.10 bits per heavy atom. The summed E-state index contributed by atoms with van der Waals surface area (Å²) in [7, 11) is 0. The van der Waals surface area contributed by atoms with Crippen LogP contribution in [0, 0.1) is 14.9 Å². The molecule has 21 heavy (non-hydrogen) atoms. The third kappa shape index (κ3) is 4.10. The summed E-state index contributed by atoms with van der Waals surface area (Å²) in [6.07, 6.45) is 4.93. The van der Waals surface area contributed by atoms with Gasteiger partial charge in [-0.3, -0.25) is 0 Å². The van der Waals surface area contributed by atoms with Crippen LogP contribution in [0.25, 0.3) is 0 Å². The zero-order chi connectivity index (χ0) is 15.8. The molecular weight excluding hydrogens is 395 g/mol. The number of aromatic nitrogens is 2. The lowest BCUT2D eigenvalue weighted by molar-refractivity contribution is 0.167. The third-order valence-electron chi connectivity index (χ3n) is 4.72. The Labute approximate surface area is 147 Å². The van der Waals surface area contributed by atoms with Crippen molar-refractivity contribution >= 4 is 34.2 Å². The summed E-state index contributed by atoms with van der Waals surface area (Å²) in [4.78, 5) is 9.41. The van der Waals surface area contributed by atoms with Crippen LogP contribution in [0.5, 0.6) is 0 Å². The van der Waals surface area contributed by atoms with E-state index in [-0.39, 0.29) is 0 Å². The van der Waals surface area contributed by atoms with Gasteiger partial charge >= 0.3 is 0 Å². The predicted molar refractivity (Wildman–Crippen MR) is 98.0 cm³/mol. The molecule has 4 heteroatoms. The van der Waals surface area contributed by atoms with E-state index in [1.54, 1.807) is 0 Å². The summed E-state index contributed by atoms with van der Waals surface area (Å²) in [5, 5.41) is 0.627. The fourth-order valence-corrected chi connectivity index (χ4v) is 4.28. The smallest absolute Gasteiger partial charge is 0.146 e. The molecule has 0 bridgehead atoms. The Morgan fingerprint density at radius 3 is 2.14 bits per heavy atom. The Bertz CT molecular complexity index is 500. The molecule has 0 saturated heterocycles. The van der Waals surface area contributed by atoms with Crippen molar-refractivity contribution in [2.45, 2.75) is 72.1 Å². The maximum absolute atomic E-state index is 6.32. The van der Waals surface area contributed by atoms with Crippen LogP contribution in [-0.2, 0) is 0 Å². The van der Waals surface area contributed by atoms with E-state index >= 15 is 0 Å². The van der Waals surface area contributed by atoms with Gasteiger partial charge in [-0.05, 0) is 65.5 Å². The Balaban J connectivity index is 2.17. The van der Waals surface area contributed by atoms with Crippen molar-refractivity contribution in [3.8, 4) is 0 Å². The van der Waals surface area contributed by atoms with Crippen LogP contribution >= 0.6 is 34.2 Å². The highest BCUT2D eigenvalue weighted by molar-refractivity contribution is 14.1. The molecule has 2 rings (SSSR count). The van der Waals surface area contributed by atoms with Crippen LogP contribution in [0.3, 0.4) is 0 Å². The van der Waals surface area contributed by atoms with Crippen molar-refractivity contribution in [2.75, 3.05) is 0 Å². The predicted octanol–water partition coefficient (Wildman–Crippen LogP) is 6.18. The highest BCUT2D eigenvalue weighted by atomic mass is 127. The lowest BCUT2D eigenvalue weighted by atomic mass is 9.69. The first-order valence-corrected chi connectivity index (χ1v) is 9.38. The monoisotopic (exact) mass is 420 g/mol. The van der Waals surface area contributed by atoms with Gasteiger partial charge in [-0.2, -0.15) is 0 Å². The van der Waals surface area contributed by atoms with E-state index in [2.05, 4.69) is 62.2 Å². The summed E-state index contributed by atoms with van der Waals surface area (Å²) in [6.45, 7) is 11.4. The largest absolute Gasteiger partial charge is 0.236 e. The van der Waals surface area contributed by atoms with E-state index in [0.717, 1.165) is 21.0 Å². The van der Waals surface area contributed by atoms with Gasteiger partial charge in [0.1, 0.15) is 11.0 Å². The van der Waals surface area contributed by atoms with E-state index in [9.17, 15) is 0 Å². The van der Waals surface area contributed by atoms with Crippen LogP contribution in [0.15, 0.2) is 0 Å². The molecule has 0 radical (unpaired) electrons. The summed E-state index contributed by atoms with van der Waals surface area (Å²) < 4.78 is 1.01. The van der Waals surface area contributed by atoms with Gasteiger partial charge in [0.25, 0.3) is 0 Å². The first kappa shape index (κ1) is 17.5. The average Bonchev–Trinajstić information content (AvgIpc) is 2.40. The second kappa shape index (κ2) is 6.69. The van der Waals surface area contributed by atoms with E-state index in [4.69, 9.17) is 16.6 Å². The lowest BCUT2D eigenvalue weighted by Crippen LogP contribution is -2.26. The molecule has 1 heterocycles. The van der Waals surface area contributed by atoms with Crippen LogP contribution < -0.4 is 0 Å². The number of hydrogen-bond acceptors (Lipinski definition) is 2. The van der Waals surface area contributed by atoms with Gasteiger partial charge in [0, 0.05) is 5.92 Å². The average molecular weight is 421 g/mol. The highest BCUT2D eigenvalue weighted by Gasteiger charge is 2.31. The maximum Gasteiger partial charge on any atom is 0.146 e. The second-order valence-corrected chi connectivity index (χ2v) is 9.08. The standard InChI is InChI=1S/C17H26ClIN2/c1-10(2)14-13(19)15(18)21-16(20-14)11-6-8-12(9-7-11)17(3,4)5/h10-12H,6-9H2,1-5H3. The van der Waals surface area contributed by atoms with Crippen molar-refractivity contribution in [2.24, 2.45) is 11.3 Å². The minimum atomic E-state index is 0.391. The molecule has 1 aliphatic rings. The van der Waals surface area contributed by atoms with Gasteiger partial charge in [0.15, 0.2) is 0 Å². The van der Waals surface area contributed by atoms with Gasteiger partial charge in [0.05, 0.1) is 9.26 Å². The molecule has 1 saturated carbocycles. The number of nitrogens with zero attached hydrogens (tertiary/aromatic N) is 2. The lowest BCUT2D eigenvalue weighted by Gasteiger charge is -2.36. The Morgan fingerprint density at radius 2 is 1.67 bits per heavy atom. The van der Waals surface area contributed by atoms with Crippen molar-refractivity contribution in [3.63, 3.8) is 0 Å². The molecule has 0 N–H and O–H groups in total. The number of hydrogen-bond donors (Lipinski definition) is 0. The molecule has 1 fully saturated rings. The normalized spacial score (nSPS) is 23.6. The molecule has 1 aromatic rings. The maximum atomic E-state index is 6.32. The second-order valence-electron chi connectivity index (χ2n) is 7.64. The molecule has 2 nitrogen and oxygen atoms in total. The fourth-order valence-electron chi connectivity index (χ4n) is 3.24. The van der Waals surface area contributed by atoms with E-state index in [1.165, 1.54) is 25.7 Å². The van der Waals surface area contributed by atoms with Gasteiger partial charge in [-0.1, -0.05) is 46.2 Å². The minimum Gasteiger partial charge on any atom is -0.236 e. The van der Waals surface area contributed by atoms with Crippen molar-refractivity contribution < 1.29 is 0 Å². The molecule has 0 atom stereocenters. The SMILES string of the molecule is CC(C)c1nc(C2CCC(C(C)(C)C)CC2)nc(Cl)c1I.